The van der Waals surface area contributed by atoms with Crippen LogP contribution in [-0.2, 0) is 22.9 Å². The molecule has 0 saturated carbocycles. The molecule has 0 aliphatic carbocycles. The lowest BCUT2D eigenvalue weighted by atomic mass is 10.0. The molecule has 5 nitrogen and oxygen atoms in total. The van der Waals surface area contributed by atoms with Crippen molar-refractivity contribution < 1.29 is 8.42 Å². The van der Waals surface area contributed by atoms with Gasteiger partial charge in [0.05, 0.1) is 11.4 Å². The Morgan fingerprint density at radius 3 is 2.43 bits per heavy atom. The van der Waals surface area contributed by atoms with Crippen LogP contribution in [0.25, 0.3) is 10.8 Å². The molecule has 2 N–H and O–H groups in total. The molecule has 0 fully saturated rings. The maximum Gasteiger partial charge on any atom is 0.191 e. The molecule has 0 unspecified atom stereocenters. The molecular weight excluding hydrogens is 509 g/mol. The summed E-state index contributed by atoms with van der Waals surface area (Å²) in [5, 5.41) is 9.10. The van der Waals surface area contributed by atoms with Crippen molar-refractivity contribution in [2.24, 2.45) is 4.99 Å². The molecule has 0 spiro atoms. The summed E-state index contributed by atoms with van der Waals surface area (Å²) in [5.41, 5.74) is 2.92. The van der Waals surface area contributed by atoms with Crippen LogP contribution in [0.1, 0.15) is 23.6 Å². The number of nitrogens with one attached hydrogen (secondary N) is 2. The normalized spacial score (nSPS) is 11.8. The topological polar surface area (TPSA) is 70.6 Å². The molecule has 0 amide bonds. The van der Waals surface area contributed by atoms with E-state index < -0.39 is 9.84 Å². The van der Waals surface area contributed by atoms with Gasteiger partial charge in [-0.2, -0.15) is 0 Å². The first-order valence-electron chi connectivity index (χ1n) is 9.67. The van der Waals surface area contributed by atoms with Gasteiger partial charge in [-0.15, -0.1) is 24.0 Å². The number of rotatable bonds is 6. The summed E-state index contributed by atoms with van der Waals surface area (Å²) in [6.07, 6.45) is 1.23. The number of hydrogen-bond acceptors (Lipinski definition) is 3. The monoisotopic (exact) mass is 537 g/mol. The van der Waals surface area contributed by atoms with Gasteiger partial charge in [0.25, 0.3) is 0 Å². The lowest BCUT2D eigenvalue weighted by Gasteiger charge is -2.13. The molecule has 30 heavy (non-hydrogen) atoms. The lowest BCUT2D eigenvalue weighted by Crippen LogP contribution is -2.36. The maximum absolute atomic E-state index is 11.8. The molecule has 0 atom stereocenters. The van der Waals surface area contributed by atoms with E-state index >= 15 is 0 Å². The molecule has 7 heteroatoms. The molecule has 0 aliphatic heterocycles. The predicted octanol–water partition coefficient (Wildman–Crippen LogP) is 4.43. The van der Waals surface area contributed by atoms with Crippen LogP contribution >= 0.6 is 24.0 Å². The minimum atomic E-state index is -3.21. The summed E-state index contributed by atoms with van der Waals surface area (Å²) in [4.78, 5) is 5.02. The summed E-state index contributed by atoms with van der Waals surface area (Å²) >= 11 is 0. The fourth-order valence-corrected chi connectivity index (χ4v) is 4.32. The average molecular weight is 537 g/mol. The third-order valence-corrected chi connectivity index (χ3v) is 5.99. The first-order valence-corrected chi connectivity index (χ1v) is 11.6. The second kappa shape index (κ2) is 10.8. The fraction of sp³-hybridized carbons (Fsp3) is 0.261. The van der Waals surface area contributed by atoms with Crippen LogP contribution in [0, 0.1) is 6.92 Å². The Morgan fingerprint density at radius 1 is 1.00 bits per heavy atom. The van der Waals surface area contributed by atoms with E-state index in [1.54, 1.807) is 6.07 Å². The Balaban J connectivity index is 0.00000320. The number of aliphatic imine (C=N–C) groups is 1. The standard InChI is InChI=1S/C23H27N3O2S.HI/c1-4-24-23(25-15-18-12-13-22(17(2)14-18)29(3,27)28)26-16-20-10-7-9-19-8-5-6-11-21(19)20;/h5-14H,4,15-16H2,1-3H3,(H2,24,25,26);1H. The van der Waals surface area contributed by atoms with E-state index in [0.717, 1.165) is 23.6 Å². The number of aryl methyl sites for hydroxylation is 1. The molecule has 3 aromatic rings. The van der Waals surface area contributed by atoms with E-state index in [1.807, 2.05) is 38.1 Å². The Labute approximate surface area is 195 Å². The first kappa shape index (κ1) is 24.1. The van der Waals surface area contributed by atoms with Crippen LogP contribution in [0.4, 0.5) is 0 Å². The average Bonchev–Trinajstić information content (AvgIpc) is 2.69. The van der Waals surface area contributed by atoms with Crippen molar-refractivity contribution in [3.8, 4) is 0 Å². The van der Waals surface area contributed by atoms with Gasteiger partial charge in [0.15, 0.2) is 15.8 Å². The second-order valence-electron chi connectivity index (χ2n) is 7.06. The van der Waals surface area contributed by atoms with E-state index in [-0.39, 0.29) is 24.0 Å². The molecule has 0 heterocycles. The van der Waals surface area contributed by atoms with Crippen LogP contribution in [0.2, 0.25) is 0 Å². The van der Waals surface area contributed by atoms with Gasteiger partial charge in [-0.1, -0.05) is 54.6 Å². The minimum absolute atomic E-state index is 0. The Hall–Kier alpha value is -2.13. The van der Waals surface area contributed by atoms with Gasteiger partial charge >= 0.3 is 0 Å². The molecule has 0 radical (unpaired) electrons. The number of fused-ring (bicyclic) bond motifs is 1. The fourth-order valence-electron chi connectivity index (χ4n) is 3.36. The van der Waals surface area contributed by atoms with Gasteiger partial charge in [0.1, 0.15) is 0 Å². The SMILES string of the molecule is CCNC(=NCc1ccc(S(C)(=O)=O)c(C)c1)NCc1cccc2ccccc12.I. The van der Waals surface area contributed by atoms with Gasteiger partial charge in [-0.3, -0.25) is 0 Å². The highest BCUT2D eigenvalue weighted by Crippen LogP contribution is 2.19. The summed E-state index contributed by atoms with van der Waals surface area (Å²) in [6.45, 7) is 5.73. The zero-order chi connectivity index (χ0) is 20.9. The molecule has 160 valence electrons. The van der Waals surface area contributed by atoms with Crippen LogP contribution < -0.4 is 10.6 Å². The highest BCUT2D eigenvalue weighted by atomic mass is 127. The third kappa shape index (κ3) is 6.18. The molecule has 0 aromatic heterocycles. The Morgan fingerprint density at radius 2 is 1.73 bits per heavy atom. The number of benzene rings is 3. The van der Waals surface area contributed by atoms with E-state index in [4.69, 9.17) is 0 Å². The minimum Gasteiger partial charge on any atom is -0.357 e. The summed E-state index contributed by atoms with van der Waals surface area (Å²) in [7, 11) is -3.21. The van der Waals surface area contributed by atoms with Crippen LogP contribution in [0.15, 0.2) is 70.6 Å². The highest BCUT2D eigenvalue weighted by molar-refractivity contribution is 14.0. The summed E-state index contributed by atoms with van der Waals surface area (Å²) < 4.78 is 23.6. The van der Waals surface area contributed by atoms with Crippen LogP contribution in [0.5, 0.6) is 0 Å². The largest absolute Gasteiger partial charge is 0.357 e. The van der Waals surface area contributed by atoms with Crippen molar-refractivity contribution in [3.05, 3.63) is 77.4 Å². The maximum atomic E-state index is 11.8. The molecule has 0 saturated heterocycles. The molecule has 3 aromatic carbocycles. The Kier molecular flexibility index (Phi) is 8.66. The van der Waals surface area contributed by atoms with Crippen molar-refractivity contribution in [3.63, 3.8) is 0 Å². The number of halogens is 1. The number of nitrogens with zero attached hydrogens (tertiary/aromatic N) is 1. The van der Waals surface area contributed by atoms with Crippen LogP contribution in [-0.4, -0.2) is 27.2 Å². The third-order valence-electron chi connectivity index (χ3n) is 4.73. The van der Waals surface area contributed by atoms with Gasteiger partial charge in [0.2, 0.25) is 0 Å². The zero-order valence-corrected chi connectivity index (χ0v) is 20.6. The van der Waals surface area contributed by atoms with Crippen molar-refractivity contribution in [1.82, 2.24) is 10.6 Å². The van der Waals surface area contributed by atoms with Crippen LogP contribution in [0.3, 0.4) is 0 Å². The molecule has 3 rings (SSSR count). The smallest absolute Gasteiger partial charge is 0.191 e. The van der Waals surface area contributed by atoms with E-state index in [1.165, 1.54) is 22.6 Å². The predicted molar refractivity (Wildman–Crippen MR) is 135 cm³/mol. The molecule has 0 bridgehead atoms. The molecule has 0 aliphatic rings. The lowest BCUT2D eigenvalue weighted by molar-refractivity contribution is 0.601. The number of sulfone groups is 1. The quantitative estimate of drug-likeness (QED) is 0.278. The summed E-state index contributed by atoms with van der Waals surface area (Å²) in [6, 6.07) is 20.0. The Bertz CT molecular complexity index is 1140. The van der Waals surface area contributed by atoms with Gasteiger partial charge in [0, 0.05) is 19.3 Å². The number of guanidine groups is 1. The van der Waals surface area contributed by atoms with Crippen molar-refractivity contribution >= 4 is 50.5 Å². The first-order chi connectivity index (χ1) is 13.9. The molecular formula is C23H28IN3O2S. The van der Waals surface area contributed by atoms with E-state index in [9.17, 15) is 8.42 Å². The summed E-state index contributed by atoms with van der Waals surface area (Å²) in [5.74, 6) is 0.727. The number of hydrogen-bond donors (Lipinski definition) is 2. The van der Waals surface area contributed by atoms with Crippen molar-refractivity contribution in [2.75, 3.05) is 12.8 Å². The second-order valence-corrected chi connectivity index (χ2v) is 9.04. The van der Waals surface area contributed by atoms with E-state index in [0.29, 0.717) is 18.0 Å². The van der Waals surface area contributed by atoms with Gasteiger partial charge < -0.3 is 10.6 Å². The zero-order valence-electron chi connectivity index (χ0n) is 17.5. The van der Waals surface area contributed by atoms with Gasteiger partial charge in [-0.05, 0) is 47.4 Å². The van der Waals surface area contributed by atoms with Crippen molar-refractivity contribution in [2.45, 2.75) is 31.8 Å². The van der Waals surface area contributed by atoms with Gasteiger partial charge in [-0.25, -0.2) is 13.4 Å². The highest BCUT2D eigenvalue weighted by Gasteiger charge is 2.10. The van der Waals surface area contributed by atoms with E-state index in [2.05, 4.69) is 46.0 Å². The van der Waals surface area contributed by atoms with Crippen molar-refractivity contribution in [1.29, 1.82) is 0 Å².